The maximum absolute atomic E-state index is 9.20. The lowest BCUT2D eigenvalue weighted by atomic mass is 9.93. The van der Waals surface area contributed by atoms with Crippen molar-refractivity contribution in [3.05, 3.63) is 0 Å². The zero-order valence-corrected chi connectivity index (χ0v) is 8.63. The van der Waals surface area contributed by atoms with E-state index in [0.29, 0.717) is 18.2 Å². The van der Waals surface area contributed by atoms with Crippen LogP contribution in [0, 0.1) is 0 Å². The van der Waals surface area contributed by atoms with Crippen LogP contribution in [0.15, 0.2) is 0 Å². The molecule has 2 nitrogen and oxygen atoms in total. The van der Waals surface area contributed by atoms with Gasteiger partial charge in [0.2, 0.25) is 0 Å². The Morgan fingerprint density at radius 1 is 1.23 bits per heavy atom. The van der Waals surface area contributed by atoms with Crippen LogP contribution in [-0.2, 0) is 0 Å². The number of aliphatic hydroxyl groups excluding tert-OH is 1. The molecule has 2 fully saturated rings. The molecule has 0 amide bonds. The van der Waals surface area contributed by atoms with Gasteiger partial charge in [-0.1, -0.05) is 12.8 Å². The molecule has 1 unspecified atom stereocenters. The van der Waals surface area contributed by atoms with Crippen molar-refractivity contribution in [2.24, 2.45) is 0 Å². The summed E-state index contributed by atoms with van der Waals surface area (Å²) in [6, 6.07) is 0.376. The van der Waals surface area contributed by atoms with Crippen LogP contribution in [0.25, 0.3) is 0 Å². The third-order valence-corrected chi connectivity index (χ3v) is 3.98. The van der Waals surface area contributed by atoms with Crippen LogP contribution in [0.4, 0.5) is 0 Å². The quantitative estimate of drug-likeness (QED) is 0.705. The highest BCUT2D eigenvalue weighted by atomic mass is 16.3. The Balaban J connectivity index is 2.08. The second-order valence-electron chi connectivity index (χ2n) is 4.76. The van der Waals surface area contributed by atoms with Gasteiger partial charge in [-0.15, -0.1) is 0 Å². The summed E-state index contributed by atoms with van der Waals surface area (Å²) in [6.07, 6.45) is 8.25. The van der Waals surface area contributed by atoms with Gasteiger partial charge in [0.05, 0.1) is 6.61 Å². The molecule has 0 radical (unpaired) electrons. The normalized spacial score (nSPS) is 30.0. The largest absolute Gasteiger partial charge is 0.395 e. The first-order chi connectivity index (χ1) is 6.28. The Bertz CT molecular complexity index is 169. The molecule has 76 valence electrons. The van der Waals surface area contributed by atoms with Crippen LogP contribution in [0.5, 0.6) is 0 Å². The molecule has 0 bridgehead atoms. The Hall–Kier alpha value is -0.0800. The molecule has 1 aliphatic carbocycles. The molecule has 1 saturated heterocycles. The average Bonchev–Trinajstić information content (AvgIpc) is 2.76. The van der Waals surface area contributed by atoms with Gasteiger partial charge in [0, 0.05) is 11.6 Å². The molecule has 0 aromatic heterocycles. The van der Waals surface area contributed by atoms with Gasteiger partial charge in [-0.25, -0.2) is 0 Å². The van der Waals surface area contributed by atoms with Crippen molar-refractivity contribution < 1.29 is 5.11 Å². The van der Waals surface area contributed by atoms with Crippen LogP contribution in [0.2, 0.25) is 0 Å². The fraction of sp³-hybridized carbons (Fsp3) is 1.00. The Morgan fingerprint density at radius 2 is 1.85 bits per heavy atom. The maximum atomic E-state index is 9.20. The second-order valence-corrected chi connectivity index (χ2v) is 4.76. The third kappa shape index (κ3) is 1.50. The molecule has 2 aliphatic rings. The molecule has 0 aromatic rings. The van der Waals surface area contributed by atoms with Crippen LogP contribution in [0.1, 0.15) is 45.4 Å². The van der Waals surface area contributed by atoms with E-state index in [9.17, 15) is 5.11 Å². The van der Waals surface area contributed by atoms with Crippen molar-refractivity contribution in [1.82, 2.24) is 4.90 Å². The maximum Gasteiger partial charge on any atom is 0.0584 e. The minimum atomic E-state index is 0.321. The second kappa shape index (κ2) is 3.58. The first kappa shape index (κ1) is 9.47. The molecule has 0 aromatic carbocycles. The highest BCUT2D eigenvalue weighted by Crippen LogP contribution is 2.43. The number of hydrogen-bond acceptors (Lipinski definition) is 2. The van der Waals surface area contributed by atoms with E-state index in [4.69, 9.17) is 0 Å². The Kier molecular flexibility index (Phi) is 2.61. The van der Waals surface area contributed by atoms with E-state index in [1.165, 1.54) is 45.1 Å². The van der Waals surface area contributed by atoms with Crippen molar-refractivity contribution in [2.45, 2.75) is 57.0 Å². The van der Waals surface area contributed by atoms with Crippen LogP contribution >= 0.6 is 0 Å². The van der Waals surface area contributed by atoms with Crippen molar-refractivity contribution >= 4 is 0 Å². The van der Waals surface area contributed by atoms with Crippen molar-refractivity contribution in [2.75, 3.05) is 13.2 Å². The molecule has 1 saturated carbocycles. The van der Waals surface area contributed by atoms with Gasteiger partial charge in [0.25, 0.3) is 0 Å². The zero-order chi connectivity index (χ0) is 9.31. The van der Waals surface area contributed by atoms with Crippen LogP contribution in [0.3, 0.4) is 0 Å². The summed E-state index contributed by atoms with van der Waals surface area (Å²) in [5.41, 5.74) is 0.502. The highest BCUT2D eigenvalue weighted by molar-refractivity contribution is 5.00. The first-order valence-corrected chi connectivity index (χ1v) is 5.66. The van der Waals surface area contributed by atoms with Gasteiger partial charge in [-0.2, -0.15) is 0 Å². The fourth-order valence-electron chi connectivity index (χ4n) is 3.32. The minimum Gasteiger partial charge on any atom is -0.395 e. The van der Waals surface area contributed by atoms with Crippen molar-refractivity contribution in [3.63, 3.8) is 0 Å². The molecule has 1 aliphatic heterocycles. The molecular weight excluding hydrogens is 162 g/mol. The third-order valence-electron chi connectivity index (χ3n) is 3.98. The van der Waals surface area contributed by atoms with E-state index < -0.39 is 0 Å². The predicted molar refractivity (Wildman–Crippen MR) is 53.7 cm³/mol. The Labute approximate surface area is 80.9 Å². The Morgan fingerprint density at radius 3 is 2.46 bits per heavy atom. The highest BCUT2D eigenvalue weighted by Gasteiger charge is 2.44. The minimum absolute atomic E-state index is 0.321. The lowest BCUT2D eigenvalue weighted by molar-refractivity contribution is 0.0627. The average molecular weight is 183 g/mol. The molecule has 1 N–H and O–H groups in total. The van der Waals surface area contributed by atoms with Gasteiger partial charge in [-0.3, -0.25) is 4.90 Å². The summed E-state index contributed by atoms with van der Waals surface area (Å²) in [7, 11) is 0. The topological polar surface area (TPSA) is 23.5 Å². The molecule has 1 heterocycles. The van der Waals surface area contributed by atoms with Crippen LogP contribution < -0.4 is 0 Å². The predicted octanol–water partition coefficient (Wildman–Crippen LogP) is 1.78. The summed E-state index contributed by atoms with van der Waals surface area (Å²) >= 11 is 0. The summed E-state index contributed by atoms with van der Waals surface area (Å²) in [6.45, 7) is 3.69. The van der Waals surface area contributed by atoms with E-state index in [1.54, 1.807) is 0 Å². The standard InChI is InChI=1S/C11H21NO/c1-10(9-13)12-8-4-7-11(12)5-2-3-6-11/h10,13H,2-9H2,1H3. The zero-order valence-electron chi connectivity index (χ0n) is 8.63. The van der Waals surface area contributed by atoms with Gasteiger partial charge < -0.3 is 5.11 Å². The summed E-state index contributed by atoms with van der Waals surface area (Å²) in [4.78, 5) is 2.57. The monoisotopic (exact) mass is 183 g/mol. The first-order valence-electron chi connectivity index (χ1n) is 5.66. The molecule has 1 atom stereocenters. The number of rotatable bonds is 2. The van der Waals surface area contributed by atoms with Crippen molar-refractivity contribution in [3.8, 4) is 0 Å². The van der Waals surface area contributed by atoms with E-state index >= 15 is 0 Å². The fourth-order valence-corrected chi connectivity index (χ4v) is 3.32. The lowest BCUT2D eigenvalue weighted by Crippen LogP contribution is -2.47. The summed E-state index contributed by atoms with van der Waals surface area (Å²) in [5, 5.41) is 9.20. The van der Waals surface area contributed by atoms with E-state index in [-0.39, 0.29) is 0 Å². The molecule has 13 heavy (non-hydrogen) atoms. The van der Waals surface area contributed by atoms with Gasteiger partial charge >= 0.3 is 0 Å². The summed E-state index contributed by atoms with van der Waals surface area (Å²) < 4.78 is 0. The smallest absolute Gasteiger partial charge is 0.0584 e. The number of nitrogens with zero attached hydrogens (tertiary/aromatic N) is 1. The van der Waals surface area contributed by atoms with Gasteiger partial charge in [-0.05, 0) is 39.2 Å². The van der Waals surface area contributed by atoms with E-state index in [0.717, 1.165) is 0 Å². The lowest BCUT2D eigenvalue weighted by Gasteiger charge is -2.38. The van der Waals surface area contributed by atoms with Crippen molar-refractivity contribution in [1.29, 1.82) is 0 Å². The molecule has 2 rings (SSSR count). The number of likely N-dealkylation sites (tertiary alicyclic amines) is 1. The molecular formula is C11H21NO. The van der Waals surface area contributed by atoms with E-state index in [1.807, 2.05) is 0 Å². The SMILES string of the molecule is CC(CO)N1CCCC12CCCC2. The van der Waals surface area contributed by atoms with Gasteiger partial charge in [0.1, 0.15) is 0 Å². The summed E-state index contributed by atoms with van der Waals surface area (Å²) in [5.74, 6) is 0. The molecule has 1 spiro atoms. The van der Waals surface area contributed by atoms with Crippen LogP contribution in [-0.4, -0.2) is 34.7 Å². The molecule has 2 heteroatoms. The number of aliphatic hydroxyl groups is 1. The van der Waals surface area contributed by atoms with E-state index in [2.05, 4.69) is 11.8 Å². The van der Waals surface area contributed by atoms with Gasteiger partial charge in [0.15, 0.2) is 0 Å². The number of hydrogen-bond donors (Lipinski definition) is 1.